The van der Waals surface area contributed by atoms with Gasteiger partial charge in [0.15, 0.2) is 0 Å². The number of likely N-dealkylation sites (tertiary alicyclic amines) is 1. The number of nitrogens with one attached hydrogen (secondary N) is 1. The minimum absolute atomic E-state index is 0.0112. The van der Waals surface area contributed by atoms with Crippen LogP contribution in [0.3, 0.4) is 0 Å². The first-order valence-corrected chi connectivity index (χ1v) is 12.2. The third kappa shape index (κ3) is 7.36. The second kappa shape index (κ2) is 12.4. The summed E-state index contributed by atoms with van der Waals surface area (Å²) in [5, 5.41) is 3.88. The lowest BCUT2D eigenvalue weighted by Gasteiger charge is -2.29. The zero-order valence-electron chi connectivity index (χ0n) is 19.4. The van der Waals surface area contributed by atoms with Crippen LogP contribution in [0.1, 0.15) is 44.7 Å². The van der Waals surface area contributed by atoms with E-state index >= 15 is 0 Å². The van der Waals surface area contributed by atoms with Crippen LogP contribution in [0.25, 0.3) is 0 Å². The number of hydrogen-bond acceptors (Lipinski definition) is 5. The fourth-order valence-electron chi connectivity index (χ4n) is 4.34. The third-order valence-electron chi connectivity index (χ3n) is 6.09. The summed E-state index contributed by atoms with van der Waals surface area (Å²) in [7, 11) is 0. The predicted molar refractivity (Wildman–Crippen MR) is 127 cm³/mol. The van der Waals surface area contributed by atoms with Crippen molar-refractivity contribution >= 4 is 23.6 Å². The molecule has 2 aliphatic rings. The molecular weight excluding hydrogens is 428 g/mol. The molecule has 2 aliphatic heterocycles. The van der Waals surface area contributed by atoms with Gasteiger partial charge in [0.2, 0.25) is 5.91 Å². The zero-order valence-corrected chi connectivity index (χ0v) is 20.1. The Hall–Kier alpha value is -1.83. The number of carbonyl (C=O) groups excluding carboxylic acids is 2. The van der Waals surface area contributed by atoms with Gasteiger partial charge in [-0.3, -0.25) is 14.6 Å². The summed E-state index contributed by atoms with van der Waals surface area (Å²) in [4.78, 5) is 31.3. The van der Waals surface area contributed by atoms with Crippen LogP contribution >= 0.6 is 11.6 Å². The molecule has 0 radical (unpaired) electrons. The average molecular weight is 465 g/mol. The van der Waals surface area contributed by atoms with Gasteiger partial charge in [-0.15, -0.1) is 0 Å². The SMILES string of the molecule is CC(C)COC(=O)N1CCCN(CC(=O)NCC(c2ccccc2Cl)N2CCCC2)CC1. The topological polar surface area (TPSA) is 65.1 Å². The van der Waals surface area contributed by atoms with Crippen LogP contribution in [0.5, 0.6) is 0 Å². The summed E-state index contributed by atoms with van der Waals surface area (Å²) in [6.45, 7) is 10.1. The Balaban J connectivity index is 1.49. The van der Waals surface area contributed by atoms with Gasteiger partial charge in [0.1, 0.15) is 0 Å². The van der Waals surface area contributed by atoms with Gasteiger partial charge in [-0.1, -0.05) is 43.6 Å². The monoisotopic (exact) mass is 464 g/mol. The van der Waals surface area contributed by atoms with Crippen molar-refractivity contribution in [3.05, 3.63) is 34.9 Å². The summed E-state index contributed by atoms with van der Waals surface area (Å²) in [5.41, 5.74) is 1.07. The Bertz CT molecular complexity index is 755. The molecule has 0 saturated carbocycles. The number of rotatable bonds is 8. The third-order valence-corrected chi connectivity index (χ3v) is 6.44. The lowest BCUT2D eigenvalue weighted by molar-refractivity contribution is -0.122. The molecule has 1 unspecified atom stereocenters. The molecular formula is C24H37ClN4O3. The second-order valence-corrected chi connectivity index (χ2v) is 9.58. The van der Waals surface area contributed by atoms with Crippen LogP contribution in [0.4, 0.5) is 4.79 Å². The van der Waals surface area contributed by atoms with Crippen molar-refractivity contribution in [3.63, 3.8) is 0 Å². The van der Waals surface area contributed by atoms with Crippen molar-refractivity contribution < 1.29 is 14.3 Å². The Morgan fingerprint density at radius 2 is 1.78 bits per heavy atom. The summed E-state index contributed by atoms with van der Waals surface area (Å²) >= 11 is 6.48. The van der Waals surface area contributed by atoms with Crippen molar-refractivity contribution in [2.75, 3.05) is 59.0 Å². The molecule has 2 fully saturated rings. The molecule has 1 aromatic rings. The van der Waals surface area contributed by atoms with Gasteiger partial charge in [0, 0.05) is 37.7 Å². The van der Waals surface area contributed by atoms with Gasteiger partial charge in [0.05, 0.1) is 19.2 Å². The molecule has 2 amide bonds. The number of benzene rings is 1. The number of halogens is 1. The Labute approximate surface area is 197 Å². The van der Waals surface area contributed by atoms with Gasteiger partial charge >= 0.3 is 6.09 Å². The molecule has 1 aromatic carbocycles. The molecule has 32 heavy (non-hydrogen) atoms. The van der Waals surface area contributed by atoms with E-state index in [0.717, 1.165) is 36.6 Å². The Morgan fingerprint density at radius 1 is 1.03 bits per heavy atom. The van der Waals surface area contributed by atoms with Crippen molar-refractivity contribution in [3.8, 4) is 0 Å². The van der Waals surface area contributed by atoms with Gasteiger partial charge in [-0.25, -0.2) is 4.79 Å². The van der Waals surface area contributed by atoms with Crippen LogP contribution in [-0.4, -0.2) is 85.7 Å². The molecule has 1 atom stereocenters. The molecule has 1 N–H and O–H groups in total. The molecule has 0 bridgehead atoms. The zero-order chi connectivity index (χ0) is 22.9. The van der Waals surface area contributed by atoms with Crippen LogP contribution in [0.2, 0.25) is 5.02 Å². The highest BCUT2D eigenvalue weighted by molar-refractivity contribution is 6.31. The smallest absolute Gasteiger partial charge is 0.409 e. The summed E-state index contributed by atoms with van der Waals surface area (Å²) in [6.07, 6.45) is 2.94. The van der Waals surface area contributed by atoms with Crippen LogP contribution in [0.15, 0.2) is 24.3 Å². The molecule has 0 spiro atoms. The number of amides is 2. The highest BCUT2D eigenvalue weighted by Crippen LogP contribution is 2.29. The van der Waals surface area contributed by atoms with E-state index in [-0.39, 0.29) is 18.0 Å². The van der Waals surface area contributed by atoms with E-state index in [4.69, 9.17) is 16.3 Å². The van der Waals surface area contributed by atoms with Crippen molar-refractivity contribution in [2.24, 2.45) is 5.92 Å². The van der Waals surface area contributed by atoms with E-state index in [1.807, 2.05) is 32.0 Å². The summed E-state index contributed by atoms with van der Waals surface area (Å²) in [5.74, 6) is 0.332. The molecule has 7 nitrogen and oxygen atoms in total. The van der Waals surface area contributed by atoms with Gasteiger partial charge in [-0.2, -0.15) is 0 Å². The van der Waals surface area contributed by atoms with E-state index in [1.54, 1.807) is 4.90 Å². The first-order chi connectivity index (χ1) is 15.4. The van der Waals surface area contributed by atoms with Crippen molar-refractivity contribution in [1.29, 1.82) is 0 Å². The van der Waals surface area contributed by atoms with E-state index in [1.165, 1.54) is 12.8 Å². The highest BCUT2D eigenvalue weighted by Gasteiger charge is 2.26. The standard InChI is InChI=1S/C24H37ClN4O3/c1-19(2)18-32-24(31)29-13-7-10-27(14-15-29)17-23(30)26-16-22(28-11-5-6-12-28)20-8-3-4-9-21(20)25/h3-4,8-9,19,22H,5-7,10-18H2,1-2H3,(H,26,30). The van der Waals surface area contributed by atoms with Crippen molar-refractivity contribution in [2.45, 2.75) is 39.2 Å². The number of hydrogen-bond donors (Lipinski definition) is 1. The Morgan fingerprint density at radius 3 is 2.50 bits per heavy atom. The fourth-order valence-corrected chi connectivity index (χ4v) is 4.61. The molecule has 2 saturated heterocycles. The maximum absolute atomic E-state index is 12.7. The maximum Gasteiger partial charge on any atom is 0.409 e. The molecule has 178 valence electrons. The lowest BCUT2D eigenvalue weighted by atomic mass is 10.1. The van der Waals surface area contributed by atoms with E-state index in [9.17, 15) is 9.59 Å². The Kier molecular flexibility index (Phi) is 9.63. The molecule has 3 rings (SSSR count). The molecule has 0 aromatic heterocycles. The minimum atomic E-state index is -0.252. The van der Waals surface area contributed by atoms with Gasteiger partial charge in [-0.05, 0) is 49.9 Å². The average Bonchev–Trinajstić information content (AvgIpc) is 3.20. The molecule has 8 heteroatoms. The minimum Gasteiger partial charge on any atom is -0.449 e. The predicted octanol–water partition coefficient (Wildman–Crippen LogP) is 3.39. The van der Waals surface area contributed by atoms with Crippen LogP contribution < -0.4 is 5.32 Å². The molecule has 0 aliphatic carbocycles. The summed E-state index contributed by atoms with van der Waals surface area (Å²) < 4.78 is 5.35. The summed E-state index contributed by atoms with van der Waals surface area (Å²) in [6, 6.07) is 8.00. The van der Waals surface area contributed by atoms with E-state index in [2.05, 4.69) is 21.2 Å². The first kappa shape index (κ1) is 24.8. The highest BCUT2D eigenvalue weighted by atomic mass is 35.5. The van der Waals surface area contributed by atoms with Crippen molar-refractivity contribution in [1.82, 2.24) is 20.0 Å². The quantitative estimate of drug-likeness (QED) is 0.638. The second-order valence-electron chi connectivity index (χ2n) is 9.17. The van der Waals surface area contributed by atoms with Crippen LogP contribution in [0, 0.1) is 5.92 Å². The van der Waals surface area contributed by atoms with E-state index in [0.29, 0.717) is 45.2 Å². The molecule has 2 heterocycles. The maximum atomic E-state index is 12.7. The van der Waals surface area contributed by atoms with Gasteiger partial charge in [0.25, 0.3) is 0 Å². The van der Waals surface area contributed by atoms with E-state index < -0.39 is 0 Å². The number of nitrogens with zero attached hydrogens (tertiary/aromatic N) is 3. The van der Waals surface area contributed by atoms with Gasteiger partial charge < -0.3 is 15.0 Å². The number of carbonyl (C=O) groups is 2. The fraction of sp³-hybridized carbons (Fsp3) is 0.667. The largest absolute Gasteiger partial charge is 0.449 e. The number of ether oxygens (including phenoxy) is 1. The first-order valence-electron chi connectivity index (χ1n) is 11.8. The lowest BCUT2D eigenvalue weighted by Crippen LogP contribution is -2.43. The normalized spacial score (nSPS) is 19.1. The van der Waals surface area contributed by atoms with Crippen LogP contribution in [-0.2, 0) is 9.53 Å².